The highest BCUT2D eigenvalue weighted by atomic mass is 19.1. The molecule has 0 aliphatic carbocycles. The van der Waals surface area contributed by atoms with Crippen LogP contribution in [0.15, 0.2) is 60.8 Å². The number of carbonyl (C=O) groups is 2. The molecule has 33 heavy (non-hydrogen) atoms. The molecule has 1 aliphatic rings. The van der Waals surface area contributed by atoms with E-state index in [2.05, 4.69) is 5.10 Å². The zero-order chi connectivity index (χ0) is 23.4. The van der Waals surface area contributed by atoms with Gasteiger partial charge < -0.3 is 10.6 Å². The lowest BCUT2D eigenvalue weighted by Crippen LogP contribution is -2.53. The number of nitrogens with zero attached hydrogens (tertiary/aromatic N) is 3. The topological polar surface area (TPSA) is 81.2 Å². The first-order valence-corrected chi connectivity index (χ1v) is 11.3. The van der Waals surface area contributed by atoms with Gasteiger partial charge in [-0.05, 0) is 61.1 Å². The molecule has 1 saturated heterocycles. The van der Waals surface area contributed by atoms with E-state index in [1.807, 2.05) is 43.3 Å². The van der Waals surface area contributed by atoms with Crippen molar-refractivity contribution in [3.05, 3.63) is 77.9 Å². The van der Waals surface area contributed by atoms with Crippen LogP contribution in [-0.4, -0.2) is 39.6 Å². The van der Waals surface area contributed by atoms with E-state index in [0.717, 1.165) is 28.8 Å². The summed E-state index contributed by atoms with van der Waals surface area (Å²) in [6.07, 6.45) is 3.84. The molecule has 0 spiro atoms. The maximum atomic E-state index is 13.7. The number of likely N-dealkylation sites (tertiary alicyclic amines) is 1. The molecule has 6 nitrogen and oxygen atoms in total. The van der Waals surface area contributed by atoms with Gasteiger partial charge in [-0.3, -0.25) is 14.3 Å². The first-order chi connectivity index (χ1) is 15.9. The van der Waals surface area contributed by atoms with Gasteiger partial charge in [0.25, 0.3) is 0 Å². The maximum Gasteiger partial charge on any atom is 0.225 e. The van der Waals surface area contributed by atoms with Crippen LogP contribution in [-0.2, 0) is 22.6 Å². The lowest BCUT2D eigenvalue weighted by molar-refractivity contribution is -0.140. The summed E-state index contributed by atoms with van der Waals surface area (Å²) in [5.41, 5.74) is 8.69. The number of benzene rings is 2. The van der Waals surface area contributed by atoms with Crippen molar-refractivity contribution in [2.45, 2.75) is 39.2 Å². The first kappa shape index (κ1) is 22.7. The second-order valence-corrected chi connectivity index (χ2v) is 8.90. The summed E-state index contributed by atoms with van der Waals surface area (Å²) in [4.78, 5) is 27.4. The van der Waals surface area contributed by atoms with E-state index < -0.39 is 5.41 Å². The summed E-state index contributed by atoms with van der Waals surface area (Å²) in [5.74, 6) is -0.680. The van der Waals surface area contributed by atoms with Crippen molar-refractivity contribution >= 4 is 11.8 Å². The number of carbonyl (C=O) groups excluding carboxylic acids is 2. The van der Waals surface area contributed by atoms with Crippen molar-refractivity contribution in [2.24, 2.45) is 11.1 Å². The van der Waals surface area contributed by atoms with Crippen LogP contribution < -0.4 is 5.73 Å². The average Bonchev–Trinajstić information content (AvgIpc) is 3.22. The molecule has 1 aliphatic heterocycles. The number of amides is 2. The molecule has 0 saturated carbocycles. The number of piperidine rings is 1. The fourth-order valence-corrected chi connectivity index (χ4v) is 4.69. The Balaban J connectivity index is 1.50. The lowest BCUT2D eigenvalue weighted by Gasteiger charge is -2.41. The SMILES string of the molecule is Cc1ccnn1CCC(=O)N1CCC[C@](Cc2cccc(-c3cccc(F)c3)c2)(C(N)=O)C1. The van der Waals surface area contributed by atoms with Gasteiger partial charge >= 0.3 is 0 Å². The summed E-state index contributed by atoms with van der Waals surface area (Å²) in [5, 5.41) is 4.23. The van der Waals surface area contributed by atoms with Crippen LogP contribution >= 0.6 is 0 Å². The van der Waals surface area contributed by atoms with Gasteiger partial charge in [0, 0.05) is 37.9 Å². The van der Waals surface area contributed by atoms with Crippen LogP contribution in [0.3, 0.4) is 0 Å². The van der Waals surface area contributed by atoms with Gasteiger partial charge in [-0.1, -0.05) is 36.4 Å². The number of hydrogen-bond acceptors (Lipinski definition) is 3. The normalized spacial score (nSPS) is 18.3. The van der Waals surface area contributed by atoms with Crippen LogP contribution in [0.5, 0.6) is 0 Å². The molecule has 1 aromatic heterocycles. The van der Waals surface area contributed by atoms with Crippen molar-refractivity contribution < 1.29 is 14.0 Å². The maximum absolute atomic E-state index is 13.7. The first-order valence-electron chi connectivity index (χ1n) is 11.3. The number of aromatic nitrogens is 2. The number of primary amides is 1. The number of hydrogen-bond donors (Lipinski definition) is 1. The summed E-state index contributed by atoms with van der Waals surface area (Å²) in [6, 6.07) is 16.1. The number of rotatable bonds is 7. The number of halogens is 1. The van der Waals surface area contributed by atoms with E-state index >= 15 is 0 Å². The quantitative estimate of drug-likeness (QED) is 0.598. The second-order valence-electron chi connectivity index (χ2n) is 8.90. The number of nitrogens with two attached hydrogens (primary N) is 1. The lowest BCUT2D eigenvalue weighted by atomic mass is 9.74. The highest BCUT2D eigenvalue weighted by molar-refractivity contribution is 5.83. The van der Waals surface area contributed by atoms with Crippen LogP contribution in [0.1, 0.15) is 30.5 Å². The highest BCUT2D eigenvalue weighted by Gasteiger charge is 2.42. The van der Waals surface area contributed by atoms with Crippen LogP contribution in [0, 0.1) is 18.2 Å². The Hall–Kier alpha value is -3.48. The van der Waals surface area contributed by atoms with Crippen LogP contribution in [0.2, 0.25) is 0 Å². The summed E-state index contributed by atoms with van der Waals surface area (Å²) in [7, 11) is 0. The van der Waals surface area contributed by atoms with Crippen molar-refractivity contribution in [2.75, 3.05) is 13.1 Å². The molecule has 3 aromatic rings. The van der Waals surface area contributed by atoms with E-state index in [0.29, 0.717) is 38.9 Å². The molecular weight excluding hydrogens is 419 g/mol. The fourth-order valence-electron chi connectivity index (χ4n) is 4.69. The largest absolute Gasteiger partial charge is 0.369 e. The predicted octanol–water partition coefficient (Wildman–Crippen LogP) is 3.72. The third-order valence-corrected chi connectivity index (χ3v) is 6.55. The highest BCUT2D eigenvalue weighted by Crippen LogP contribution is 2.35. The predicted molar refractivity (Wildman–Crippen MR) is 125 cm³/mol. The minimum absolute atomic E-state index is 0.00346. The summed E-state index contributed by atoms with van der Waals surface area (Å²) in [6.45, 7) is 3.39. The molecule has 0 unspecified atom stereocenters. The fraction of sp³-hybridized carbons (Fsp3) is 0.346. The minimum Gasteiger partial charge on any atom is -0.369 e. The summed E-state index contributed by atoms with van der Waals surface area (Å²) < 4.78 is 15.5. The molecule has 1 atom stereocenters. The Morgan fingerprint density at radius 2 is 1.88 bits per heavy atom. The Kier molecular flexibility index (Phi) is 6.58. The Morgan fingerprint density at radius 3 is 2.58 bits per heavy atom. The molecular formula is C26H29FN4O2. The average molecular weight is 449 g/mol. The van der Waals surface area contributed by atoms with Gasteiger partial charge in [0.15, 0.2) is 0 Å². The molecule has 7 heteroatoms. The third-order valence-electron chi connectivity index (χ3n) is 6.55. The molecule has 2 N–H and O–H groups in total. The van der Waals surface area contributed by atoms with E-state index in [-0.39, 0.29) is 17.6 Å². The molecule has 2 amide bonds. The zero-order valence-corrected chi connectivity index (χ0v) is 18.8. The molecule has 4 rings (SSSR count). The van der Waals surface area contributed by atoms with Gasteiger partial charge in [-0.25, -0.2) is 4.39 Å². The molecule has 0 radical (unpaired) electrons. The van der Waals surface area contributed by atoms with Gasteiger partial charge in [-0.15, -0.1) is 0 Å². The van der Waals surface area contributed by atoms with Crippen LogP contribution in [0.4, 0.5) is 4.39 Å². The third kappa shape index (κ3) is 5.13. The Morgan fingerprint density at radius 1 is 1.12 bits per heavy atom. The molecule has 2 heterocycles. The smallest absolute Gasteiger partial charge is 0.225 e. The molecule has 172 valence electrons. The van der Waals surface area contributed by atoms with E-state index in [4.69, 9.17) is 5.73 Å². The van der Waals surface area contributed by atoms with Gasteiger partial charge in [0.2, 0.25) is 11.8 Å². The van der Waals surface area contributed by atoms with Crippen molar-refractivity contribution in [1.29, 1.82) is 0 Å². The standard InChI is InChI=1S/C26H29FN4O2/c1-19-9-12-29-31(19)14-10-24(32)30-13-4-11-26(18-30,25(28)33)17-20-5-2-6-21(15-20)22-7-3-8-23(27)16-22/h2-3,5-9,12,15-16H,4,10-11,13-14,17-18H2,1H3,(H2,28,33)/t26-/m1/s1. The molecule has 1 fully saturated rings. The van der Waals surface area contributed by atoms with Crippen molar-refractivity contribution in [1.82, 2.24) is 14.7 Å². The van der Waals surface area contributed by atoms with Gasteiger partial charge in [-0.2, -0.15) is 5.10 Å². The minimum atomic E-state index is -0.823. The van der Waals surface area contributed by atoms with Crippen molar-refractivity contribution in [3.8, 4) is 11.1 Å². The second kappa shape index (κ2) is 9.57. The zero-order valence-electron chi connectivity index (χ0n) is 18.8. The van der Waals surface area contributed by atoms with Gasteiger partial charge in [0.1, 0.15) is 5.82 Å². The molecule has 2 aromatic carbocycles. The van der Waals surface area contributed by atoms with Crippen LogP contribution in [0.25, 0.3) is 11.1 Å². The molecule has 0 bridgehead atoms. The monoisotopic (exact) mass is 448 g/mol. The summed E-state index contributed by atoms with van der Waals surface area (Å²) >= 11 is 0. The van der Waals surface area contributed by atoms with E-state index in [9.17, 15) is 14.0 Å². The van der Waals surface area contributed by atoms with E-state index in [1.165, 1.54) is 12.1 Å². The van der Waals surface area contributed by atoms with Gasteiger partial charge in [0.05, 0.1) is 5.41 Å². The van der Waals surface area contributed by atoms with Crippen molar-refractivity contribution in [3.63, 3.8) is 0 Å². The Labute approximate surface area is 193 Å². The van der Waals surface area contributed by atoms with E-state index in [1.54, 1.807) is 21.8 Å². The number of aryl methyl sites for hydroxylation is 2. The Bertz CT molecular complexity index is 1160.